The van der Waals surface area contributed by atoms with Gasteiger partial charge in [-0.3, -0.25) is 0 Å². The van der Waals surface area contributed by atoms with Gasteiger partial charge >= 0.3 is 0 Å². The van der Waals surface area contributed by atoms with Crippen LogP contribution in [0.25, 0.3) is 5.69 Å². The molecule has 2 aromatic carbocycles. The maximum atomic E-state index is 5.91. The summed E-state index contributed by atoms with van der Waals surface area (Å²) in [6.07, 6.45) is 4.46. The first-order chi connectivity index (χ1) is 12.8. The highest BCUT2D eigenvalue weighted by atomic mass is 16.7. The van der Waals surface area contributed by atoms with Crippen LogP contribution >= 0.6 is 0 Å². The Morgan fingerprint density at radius 1 is 1.12 bits per heavy atom. The molecular formula is C21H22N2O3. The Kier molecular flexibility index (Phi) is 4.88. The summed E-state index contributed by atoms with van der Waals surface area (Å²) in [4.78, 5) is 0. The van der Waals surface area contributed by atoms with Gasteiger partial charge in [-0.1, -0.05) is 25.1 Å². The average molecular weight is 350 g/mol. The molecule has 1 fully saturated rings. The van der Waals surface area contributed by atoms with Gasteiger partial charge in [0, 0.05) is 24.9 Å². The first-order valence-corrected chi connectivity index (χ1v) is 8.86. The molecule has 5 heteroatoms. The topological polar surface area (TPSA) is 45.5 Å². The van der Waals surface area contributed by atoms with Crippen LogP contribution < -0.4 is 9.47 Å². The van der Waals surface area contributed by atoms with Crippen LogP contribution in [0.15, 0.2) is 67.0 Å². The van der Waals surface area contributed by atoms with Gasteiger partial charge in [0.25, 0.3) is 0 Å². The Bertz CT molecular complexity index is 831. The molecule has 1 aliphatic rings. The molecular weight excluding hydrogens is 328 g/mol. The predicted octanol–water partition coefficient (Wildman–Crippen LogP) is 4.21. The summed E-state index contributed by atoms with van der Waals surface area (Å²) in [5, 5.41) is 4.23. The van der Waals surface area contributed by atoms with E-state index in [9.17, 15) is 0 Å². The third-order valence-electron chi connectivity index (χ3n) is 4.35. The fourth-order valence-corrected chi connectivity index (χ4v) is 2.94. The van der Waals surface area contributed by atoms with Crippen molar-refractivity contribution in [2.75, 3.05) is 6.61 Å². The van der Waals surface area contributed by atoms with Crippen molar-refractivity contribution in [1.29, 1.82) is 0 Å². The van der Waals surface area contributed by atoms with Gasteiger partial charge in [-0.15, -0.1) is 0 Å². The summed E-state index contributed by atoms with van der Waals surface area (Å²) in [5.74, 6) is 2.10. The van der Waals surface area contributed by atoms with Crippen LogP contribution in [0.5, 0.6) is 11.5 Å². The van der Waals surface area contributed by atoms with Crippen molar-refractivity contribution >= 4 is 0 Å². The van der Waals surface area contributed by atoms with E-state index in [1.165, 1.54) is 0 Å². The molecule has 0 spiro atoms. The average Bonchev–Trinajstić information content (AvgIpc) is 3.33. The molecule has 0 aliphatic carbocycles. The zero-order valence-corrected chi connectivity index (χ0v) is 14.7. The van der Waals surface area contributed by atoms with Crippen LogP contribution in [0.4, 0.5) is 0 Å². The Morgan fingerprint density at radius 3 is 2.69 bits per heavy atom. The lowest BCUT2D eigenvalue weighted by atomic mass is 10.1. The quantitative estimate of drug-likeness (QED) is 0.668. The molecule has 0 N–H and O–H groups in total. The van der Waals surface area contributed by atoms with E-state index in [1.54, 1.807) is 6.20 Å². The fourth-order valence-electron chi connectivity index (χ4n) is 2.94. The highest BCUT2D eigenvalue weighted by Gasteiger charge is 2.23. The van der Waals surface area contributed by atoms with E-state index in [4.69, 9.17) is 14.2 Å². The number of hydrogen-bond donors (Lipinski definition) is 0. The standard InChI is InChI=1S/C21H22N2O3/c1-16-12-21(25-14-16)26-20-5-2-4-19(13-20)24-15-17-6-8-18(9-7-17)23-11-3-10-22-23/h2-11,13,16,21H,12,14-15H2,1H3/t16-,21?/m1/s1. The van der Waals surface area contributed by atoms with Crippen molar-refractivity contribution in [3.63, 3.8) is 0 Å². The number of ether oxygens (including phenoxy) is 3. The molecule has 134 valence electrons. The highest BCUT2D eigenvalue weighted by molar-refractivity contribution is 5.35. The van der Waals surface area contributed by atoms with Crippen molar-refractivity contribution in [2.24, 2.45) is 5.92 Å². The minimum atomic E-state index is -0.157. The number of hydrogen-bond acceptors (Lipinski definition) is 4. The monoisotopic (exact) mass is 350 g/mol. The van der Waals surface area contributed by atoms with Crippen molar-refractivity contribution < 1.29 is 14.2 Å². The normalized spacial score (nSPS) is 19.4. The zero-order chi connectivity index (χ0) is 17.8. The lowest BCUT2D eigenvalue weighted by molar-refractivity contribution is -0.0394. The second kappa shape index (κ2) is 7.62. The number of rotatable bonds is 6. The Balaban J connectivity index is 1.35. The smallest absolute Gasteiger partial charge is 0.200 e. The van der Waals surface area contributed by atoms with E-state index in [0.29, 0.717) is 12.5 Å². The van der Waals surface area contributed by atoms with Crippen LogP contribution in [0, 0.1) is 5.92 Å². The summed E-state index contributed by atoms with van der Waals surface area (Å²) in [5.41, 5.74) is 2.13. The van der Waals surface area contributed by atoms with E-state index in [2.05, 4.69) is 12.0 Å². The molecule has 1 aliphatic heterocycles. The predicted molar refractivity (Wildman–Crippen MR) is 98.5 cm³/mol. The molecule has 26 heavy (non-hydrogen) atoms. The lowest BCUT2D eigenvalue weighted by Crippen LogP contribution is -2.14. The third kappa shape index (κ3) is 4.06. The molecule has 2 atom stereocenters. The molecule has 1 unspecified atom stereocenters. The fraction of sp³-hybridized carbons (Fsp3) is 0.286. The van der Waals surface area contributed by atoms with E-state index >= 15 is 0 Å². The maximum Gasteiger partial charge on any atom is 0.200 e. The molecule has 0 amide bonds. The van der Waals surface area contributed by atoms with Gasteiger partial charge in [0.1, 0.15) is 18.1 Å². The van der Waals surface area contributed by atoms with Gasteiger partial charge in [-0.05, 0) is 41.8 Å². The number of nitrogens with zero attached hydrogens (tertiary/aromatic N) is 2. The summed E-state index contributed by atoms with van der Waals surface area (Å²) in [6.45, 7) is 3.43. The van der Waals surface area contributed by atoms with Gasteiger partial charge in [0.15, 0.2) is 6.29 Å². The molecule has 1 saturated heterocycles. The molecule has 2 heterocycles. The van der Waals surface area contributed by atoms with Crippen LogP contribution in [-0.4, -0.2) is 22.7 Å². The summed E-state index contributed by atoms with van der Waals surface area (Å²) in [7, 11) is 0. The first kappa shape index (κ1) is 16.7. The van der Waals surface area contributed by atoms with E-state index in [0.717, 1.165) is 35.8 Å². The molecule has 4 rings (SSSR count). The molecule has 0 bridgehead atoms. The van der Waals surface area contributed by atoms with Crippen LogP contribution in [0.2, 0.25) is 0 Å². The van der Waals surface area contributed by atoms with Gasteiger partial charge < -0.3 is 14.2 Å². The molecule has 5 nitrogen and oxygen atoms in total. The second-order valence-electron chi connectivity index (χ2n) is 6.60. The summed E-state index contributed by atoms with van der Waals surface area (Å²) in [6, 6.07) is 17.8. The zero-order valence-electron chi connectivity index (χ0n) is 14.7. The molecule has 0 radical (unpaired) electrons. The van der Waals surface area contributed by atoms with Crippen molar-refractivity contribution in [1.82, 2.24) is 9.78 Å². The Hall–Kier alpha value is -2.79. The highest BCUT2D eigenvalue weighted by Crippen LogP contribution is 2.26. The van der Waals surface area contributed by atoms with Crippen LogP contribution in [0.1, 0.15) is 18.9 Å². The van der Waals surface area contributed by atoms with Gasteiger partial charge in [0.2, 0.25) is 0 Å². The van der Waals surface area contributed by atoms with Crippen molar-refractivity contribution in [3.05, 3.63) is 72.6 Å². The Morgan fingerprint density at radius 2 is 1.96 bits per heavy atom. The lowest BCUT2D eigenvalue weighted by Gasteiger charge is -2.14. The van der Waals surface area contributed by atoms with Gasteiger partial charge in [0.05, 0.1) is 12.3 Å². The summed E-state index contributed by atoms with van der Waals surface area (Å²) < 4.78 is 19.2. The van der Waals surface area contributed by atoms with Crippen LogP contribution in [0.3, 0.4) is 0 Å². The van der Waals surface area contributed by atoms with Crippen LogP contribution in [-0.2, 0) is 11.3 Å². The number of aromatic nitrogens is 2. The summed E-state index contributed by atoms with van der Waals surface area (Å²) >= 11 is 0. The molecule has 1 aromatic heterocycles. The minimum Gasteiger partial charge on any atom is -0.489 e. The number of benzene rings is 2. The SMILES string of the molecule is C[C@H]1COC(Oc2cccc(OCc3ccc(-n4cccn4)cc3)c2)C1. The second-order valence-corrected chi connectivity index (χ2v) is 6.60. The molecule has 0 saturated carbocycles. The van der Waals surface area contributed by atoms with E-state index in [-0.39, 0.29) is 6.29 Å². The van der Waals surface area contributed by atoms with Gasteiger partial charge in [-0.2, -0.15) is 5.10 Å². The first-order valence-electron chi connectivity index (χ1n) is 8.86. The van der Waals surface area contributed by atoms with Gasteiger partial charge in [-0.25, -0.2) is 4.68 Å². The maximum absolute atomic E-state index is 5.91. The van der Waals surface area contributed by atoms with E-state index < -0.39 is 0 Å². The minimum absolute atomic E-state index is 0.157. The Labute approximate surface area is 153 Å². The van der Waals surface area contributed by atoms with Crippen molar-refractivity contribution in [3.8, 4) is 17.2 Å². The molecule has 3 aromatic rings. The van der Waals surface area contributed by atoms with E-state index in [1.807, 2.05) is 65.5 Å². The third-order valence-corrected chi connectivity index (χ3v) is 4.35. The largest absolute Gasteiger partial charge is 0.489 e. The van der Waals surface area contributed by atoms with Crippen molar-refractivity contribution in [2.45, 2.75) is 26.2 Å².